The fourth-order valence-electron chi connectivity index (χ4n) is 3.46. The van der Waals surface area contributed by atoms with Crippen LogP contribution in [0.5, 0.6) is 0 Å². The van der Waals surface area contributed by atoms with Gasteiger partial charge in [-0.25, -0.2) is 4.68 Å². The standard InChI is InChI=1S/C18H23N5O2S/c24-17(15-7-4-12-25-15)22-10-8-21(9-11-22)13-23-18(26)19-16(20-23)14-5-2-1-3-6-14/h1-3,5-6,15H,4,7-13H2,(H,19,20,26)/t15-/m0/s1. The average molecular weight is 373 g/mol. The molecule has 0 spiro atoms. The number of rotatable bonds is 4. The molecule has 1 amide bonds. The number of ether oxygens (including phenoxy) is 1. The van der Waals surface area contributed by atoms with Gasteiger partial charge in [-0.05, 0) is 25.1 Å². The summed E-state index contributed by atoms with van der Waals surface area (Å²) in [5.74, 6) is 0.925. The van der Waals surface area contributed by atoms with Crippen LogP contribution in [0.25, 0.3) is 11.4 Å². The van der Waals surface area contributed by atoms with Gasteiger partial charge < -0.3 is 9.64 Å². The highest BCUT2D eigenvalue weighted by atomic mass is 32.1. The van der Waals surface area contributed by atoms with Crippen molar-refractivity contribution >= 4 is 18.1 Å². The Morgan fingerprint density at radius 1 is 1.23 bits per heavy atom. The van der Waals surface area contributed by atoms with Crippen LogP contribution in [0.15, 0.2) is 30.3 Å². The lowest BCUT2D eigenvalue weighted by Crippen LogP contribution is -2.51. The summed E-state index contributed by atoms with van der Waals surface area (Å²) >= 11 is 5.39. The molecule has 0 saturated carbocycles. The Bertz CT molecular complexity index is 804. The zero-order valence-corrected chi connectivity index (χ0v) is 15.5. The van der Waals surface area contributed by atoms with E-state index in [2.05, 4.69) is 15.0 Å². The lowest BCUT2D eigenvalue weighted by molar-refractivity contribution is -0.142. The number of hydrogen-bond donors (Lipinski definition) is 1. The maximum absolute atomic E-state index is 12.4. The van der Waals surface area contributed by atoms with Crippen molar-refractivity contribution in [1.29, 1.82) is 0 Å². The zero-order chi connectivity index (χ0) is 17.9. The second-order valence-corrected chi connectivity index (χ2v) is 7.10. The monoisotopic (exact) mass is 373 g/mol. The number of hydrogen-bond acceptors (Lipinski definition) is 5. The van der Waals surface area contributed by atoms with Crippen LogP contribution in [-0.4, -0.2) is 69.4 Å². The number of H-pyrrole nitrogens is 1. The van der Waals surface area contributed by atoms with E-state index in [9.17, 15) is 4.79 Å². The lowest BCUT2D eigenvalue weighted by Gasteiger charge is -2.35. The molecule has 8 heteroatoms. The molecule has 26 heavy (non-hydrogen) atoms. The zero-order valence-electron chi connectivity index (χ0n) is 14.6. The van der Waals surface area contributed by atoms with Gasteiger partial charge in [-0.1, -0.05) is 30.3 Å². The summed E-state index contributed by atoms with van der Waals surface area (Å²) < 4.78 is 7.94. The van der Waals surface area contributed by atoms with Gasteiger partial charge in [0.05, 0.1) is 6.67 Å². The van der Waals surface area contributed by atoms with E-state index in [0.29, 0.717) is 18.0 Å². The molecule has 1 atom stereocenters. The highest BCUT2D eigenvalue weighted by Crippen LogP contribution is 2.17. The first-order chi connectivity index (χ1) is 12.7. The van der Waals surface area contributed by atoms with E-state index in [0.717, 1.165) is 50.4 Å². The summed E-state index contributed by atoms with van der Waals surface area (Å²) in [4.78, 5) is 21.1. The van der Waals surface area contributed by atoms with Gasteiger partial charge in [0.1, 0.15) is 6.10 Å². The molecule has 2 saturated heterocycles. The van der Waals surface area contributed by atoms with Crippen molar-refractivity contribution in [2.75, 3.05) is 32.8 Å². The van der Waals surface area contributed by atoms with E-state index in [4.69, 9.17) is 17.0 Å². The van der Waals surface area contributed by atoms with Gasteiger partial charge >= 0.3 is 0 Å². The molecule has 2 aromatic rings. The number of nitrogens with zero attached hydrogens (tertiary/aromatic N) is 4. The van der Waals surface area contributed by atoms with E-state index < -0.39 is 0 Å². The van der Waals surface area contributed by atoms with E-state index in [1.165, 1.54) is 0 Å². The fraction of sp³-hybridized carbons (Fsp3) is 0.500. The third-order valence-electron chi connectivity index (χ3n) is 4.96. The predicted octanol–water partition coefficient (Wildman–Crippen LogP) is 1.89. The average Bonchev–Trinajstić information content (AvgIpc) is 3.33. The van der Waals surface area contributed by atoms with Crippen LogP contribution in [0, 0.1) is 4.77 Å². The Labute approximate surface area is 157 Å². The molecule has 1 aromatic heterocycles. The molecular weight excluding hydrogens is 350 g/mol. The van der Waals surface area contributed by atoms with Crippen molar-refractivity contribution in [3.05, 3.63) is 35.1 Å². The molecule has 2 aliphatic rings. The Morgan fingerprint density at radius 3 is 2.69 bits per heavy atom. The van der Waals surface area contributed by atoms with Crippen molar-refractivity contribution in [2.24, 2.45) is 0 Å². The van der Waals surface area contributed by atoms with Crippen LogP contribution in [0.1, 0.15) is 12.8 Å². The molecule has 2 fully saturated rings. The maximum atomic E-state index is 12.4. The van der Waals surface area contributed by atoms with Crippen LogP contribution >= 0.6 is 12.2 Å². The van der Waals surface area contributed by atoms with Crippen LogP contribution in [-0.2, 0) is 16.2 Å². The Balaban J connectivity index is 1.35. The third-order valence-corrected chi connectivity index (χ3v) is 5.27. The minimum Gasteiger partial charge on any atom is -0.368 e. The van der Waals surface area contributed by atoms with Crippen molar-refractivity contribution < 1.29 is 9.53 Å². The Morgan fingerprint density at radius 2 is 2.00 bits per heavy atom. The van der Waals surface area contributed by atoms with Crippen molar-refractivity contribution in [1.82, 2.24) is 24.6 Å². The van der Waals surface area contributed by atoms with Crippen molar-refractivity contribution in [3.63, 3.8) is 0 Å². The van der Waals surface area contributed by atoms with E-state index in [-0.39, 0.29) is 12.0 Å². The van der Waals surface area contributed by atoms with E-state index >= 15 is 0 Å². The SMILES string of the molecule is O=C([C@@H]1CCCO1)N1CCN(Cn2[nH]c(-c3ccccc3)nc2=S)CC1. The van der Waals surface area contributed by atoms with Gasteiger partial charge in [0.15, 0.2) is 5.82 Å². The first kappa shape index (κ1) is 17.4. The number of aromatic nitrogens is 3. The molecule has 1 N–H and O–H groups in total. The van der Waals surface area contributed by atoms with Gasteiger partial charge in [0, 0.05) is 38.3 Å². The Hall–Kier alpha value is -2.03. The van der Waals surface area contributed by atoms with Crippen molar-refractivity contribution in [2.45, 2.75) is 25.6 Å². The molecule has 3 heterocycles. The number of aromatic amines is 1. The van der Waals surface area contributed by atoms with Gasteiger partial charge in [-0.3, -0.25) is 14.8 Å². The van der Waals surface area contributed by atoms with E-state index in [1.54, 1.807) is 0 Å². The van der Waals surface area contributed by atoms with Gasteiger partial charge in [0.25, 0.3) is 5.91 Å². The number of piperazine rings is 1. The second-order valence-electron chi connectivity index (χ2n) is 6.74. The first-order valence-corrected chi connectivity index (χ1v) is 9.46. The number of carbonyl (C=O) groups is 1. The quantitative estimate of drug-likeness (QED) is 0.829. The second kappa shape index (κ2) is 7.69. The minimum absolute atomic E-state index is 0.145. The number of nitrogens with one attached hydrogen (secondary N) is 1. The third kappa shape index (κ3) is 3.72. The first-order valence-electron chi connectivity index (χ1n) is 9.06. The molecule has 0 unspecified atom stereocenters. The van der Waals surface area contributed by atoms with Crippen LogP contribution in [0.4, 0.5) is 0 Å². The summed E-state index contributed by atoms with van der Waals surface area (Å²) in [6.45, 7) is 4.45. The topological polar surface area (TPSA) is 66.4 Å². The van der Waals surface area contributed by atoms with Crippen molar-refractivity contribution in [3.8, 4) is 11.4 Å². The molecule has 4 rings (SSSR count). The van der Waals surface area contributed by atoms with E-state index in [1.807, 2.05) is 39.9 Å². The number of carbonyl (C=O) groups excluding carboxylic acids is 1. The molecule has 138 valence electrons. The van der Waals surface area contributed by atoms with Gasteiger partial charge in [-0.15, -0.1) is 0 Å². The largest absolute Gasteiger partial charge is 0.368 e. The summed E-state index contributed by atoms with van der Waals surface area (Å²) in [5.41, 5.74) is 1.02. The summed E-state index contributed by atoms with van der Waals surface area (Å²) in [6.07, 6.45) is 1.61. The van der Waals surface area contributed by atoms with Gasteiger partial charge in [0.2, 0.25) is 4.77 Å². The van der Waals surface area contributed by atoms with Crippen LogP contribution in [0.3, 0.4) is 0 Å². The maximum Gasteiger partial charge on any atom is 0.251 e. The van der Waals surface area contributed by atoms with Crippen LogP contribution < -0.4 is 0 Å². The summed E-state index contributed by atoms with van der Waals surface area (Å²) in [7, 11) is 0. The Kier molecular flexibility index (Phi) is 5.14. The fourth-order valence-corrected chi connectivity index (χ4v) is 3.66. The smallest absolute Gasteiger partial charge is 0.251 e. The summed E-state index contributed by atoms with van der Waals surface area (Å²) in [5, 5.41) is 3.28. The highest BCUT2D eigenvalue weighted by Gasteiger charge is 2.30. The normalized spacial score (nSPS) is 21.2. The van der Waals surface area contributed by atoms with Gasteiger partial charge in [-0.2, -0.15) is 4.98 Å². The lowest BCUT2D eigenvalue weighted by atomic mass is 10.2. The number of amides is 1. The predicted molar refractivity (Wildman–Crippen MR) is 100.0 cm³/mol. The molecule has 7 nitrogen and oxygen atoms in total. The molecule has 1 aromatic carbocycles. The molecule has 0 aliphatic carbocycles. The molecular formula is C18H23N5O2S. The van der Waals surface area contributed by atoms with Crippen LogP contribution in [0.2, 0.25) is 0 Å². The molecule has 2 aliphatic heterocycles. The minimum atomic E-state index is -0.226. The summed E-state index contributed by atoms with van der Waals surface area (Å²) in [6, 6.07) is 9.96. The number of benzene rings is 1. The molecule has 0 bridgehead atoms. The highest BCUT2D eigenvalue weighted by molar-refractivity contribution is 7.71. The molecule has 0 radical (unpaired) electrons.